The van der Waals surface area contributed by atoms with E-state index in [9.17, 15) is 4.79 Å². The molecule has 0 aliphatic heterocycles. The minimum absolute atomic E-state index is 0.114. The topological polar surface area (TPSA) is 67.0 Å². The van der Waals surface area contributed by atoms with Crippen LogP contribution in [0.1, 0.15) is 12.6 Å². The lowest BCUT2D eigenvalue weighted by molar-refractivity contribution is -0.125. The first-order valence-corrected chi connectivity index (χ1v) is 4.15. The number of carbonyl (C=O) groups is 1. The first-order valence-electron chi connectivity index (χ1n) is 4.15. The van der Waals surface area contributed by atoms with Gasteiger partial charge in [-0.15, -0.1) is 0 Å². The minimum atomic E-state index is -0.114. The van der Waals surface area contributed by atoms with Crippen molar-refractivity contribution in [1.29, 1.82) is 0 Å². The lowest BCUT2D eigenvalue weighted by Gasteiger charge is -2.02. The number of ether oxygens (including phenoxy) is 1. The maximum atomic E-state index is 11.0. The zero-order chi connectivity index (χ0) is 9.52. The molecular formula is C8H13N3O2. The number of hydrogen-bond acceptors (Lipinski definition) is 3. The summed E-state index contributed by atoms with van der Waals surface area (Å²) in [6.45, 7) is 2.98. The summed E-state index contributed by atoms with van der Waals surface area (Å²) in [5, 5.41) is 9.18. The van der Waals surface area contributed by atoms with Gasteiger partial charge in [-0.2, -0.15) is 5.10 Å². The molecule has 5 heteroatoms. The Morgan fingerprint density at radius 3 is 3.23 bits per heavy atom. The molecule has 0 fully saturated rings. The Morgan fingerprint density at radius 2 is 2.62 bits per heavy atom. The highest BCUT2D eigenvalue weighted by atomic mass is 16.5. The van der Waals surface area contributed by atoms with Crippen molar-refractivity contribution in [2.75, 3.05) is 13.2 Å². The minimum Gasteiger partial charge on any atom is -0.372 e. The third-order valence-electron chi connectivity index (χ3n) is 1.47. The summed E-state index contributed by atoms with van der Waals surface area (Å²) in [6.07, 6.45) is 1.64. The summed E-state index contributed by atoms with van der Waals surface area (Å²) in [5.41, 5.74) is 0.879. The Balaban J connectivity index is 2.15. The molecule has 0 aliphatic rings. The molecule has 0 saturated carbocycles. The Hall–Kier alpha value is -1.36. The smallest absolute Gasteiger partial charge is 0.246 e. The summed E-state index contributed by atoms with van der Waals surface area (Å²) < 4.78 is 4.93. The van der Waals surface area contributed by atoms with Gasteiger partial charge in [-0.25, -0.2) is 0 Å². The van der Waals surface area contributed by atoms with Crippen molar-refractivity contribution >= 4 is 5.91 Å². The van der Waals surface area contributed by atoms with Crippen LogP contribution in [0, 0.1) is 0 Å². The van der Waals surface area contributed by atoms with E-state index in [4.69, 9.17) is 4.74 Å². The fourth-order valence-electron chi connectivity index (χ4n) is 0.823. The summed E-state index contributed by atoms with van der Waals surface area (Å²) in [6, 6.07) is 1.81. The molecule has 1 heterocycles. The van der Waals surface area contributed by atoms with Crippen LogP contribution in [0.15, 0.2) is 12.3 Å². The molecule has 5 nitrogen and oxygen atoms in total. The summed E-state index contributed by atoms with van der Waals surface area (Å²) in [5.74, 6) is -0.114. The summed E-state index contributed by atoms with van der Waals surface area (Å²) in [7, 11) is 0. The second-order valence-electron chi connectivity index (χ2n) is 2.50. The van der Waals surface area contributed by atoms with Gasteiger partial charge >= 0.3 is 0 Å². The van der Waals surface area contributed by atoms with Crippen molar-refractivity contribution in [3.8, 4) is 0 Å². The molecule has 1 rings (SSSR count). The third-order valence-corrected chi connectivity index (χ3v) is 1.47. The Kier molecular flexibility index (Phi) is 3.98. The van der Waals surface area contributed by atoms with Crippen LogP contribution in [-0.2, 0) is 16.1 Å². The molecule has 13 heavy (non-hydrogen) atoms. The molecule has 0 atom stereocenters. The van der Waals surface area contributed by atoms with Crippen LogP contribution in [-0.4, -0.2) is 29.3 Å². The maximum absolute atomic E-state index is 11.0. The first-order chi connectivity index (χ1) is 6.33. The molecule has 72 valence electrons. The van der Waals surface area contributed by atoms with Crippen LogP contribution in [0.5, 0.6) is 0 Å². The second kappa shape index (κ2) is 5.31. The van der Waals surface area contributed by atoms with Gasteiger partial charge in [-0.3, -0.25) is 9.89 Å². The van der Waals surface area contributed by atoms with E-state index in [0.29, 0.717) is 13.2 Å². The standard InChI is InChI=1S/C8H13N3O2/c1-2-13-6-8(12)9-5-7-3-4-10-11-7/h3-4H,2,5-6H2,1H3,(H,9,12)(H,10,11). The van der Waals surface area contributed by atoms with E-state index in [0.717, 1.165) is 5.69 Å². The summed E-state index contributed by atoms with van der Waals surface area (Å²) >= 11 is 0. The number of aromatic amines is 1. The number of amides is 1. The Labute approximate surface area is 76.5 Å². The van der Waals surface area contributed by atoms with Crippen molar-refractivity contribution in [3.05, 3.63) is 18.0 Å². The lowest BCUT2D eigenvalue weighted by Crippen LogP contribution is -2.27. The van der Waals surface area contributed by atoms with Gasteiger partial charge in [0, 0.05) is 12.8 Å². The van der Waals surface area contributed by atoms with Crippen LogP contribution in [0.25, 0.3) is 0 Å². The van der Waals surface area contributed by atoms with E-state index in [2.05, 4.69) is 15.5 Å². The predicted octanol–water partition coefficient (Wildman–Crippen LogP) is 0.0624. The highest BCUT2D eigenvalue weighted by Crippen LogP contribution is 1.89. The van der Waals surface area contributed by atoms with E-state index in [1.165, 1.54) is 0 Å². The molecule has 1 aromatic rings. The summed E-state index contributed by atoms with van der Waals surface area (Å²) in [4.78, 5) is 11.0. The number of hydrogen-bond donors (Lipinski definition) is 2. The molecule has 0 unspecified atom stereocenters. The molecule has 0 aliphatic carbocycles. The average molecular weight is 183 g/mol. The van der Waals surface area contributed by atoms with E-state index in [1.54, 1.807) is 12.3 Å². The van der Waals surface area contributed by atoms with Crippen molar-refractivity contribution in [1.82, 2.24) is 15.5 Å². The maximum Gasteiger partial charge on any atom is 0.246 e. The normalized spacial score (nSPS) is 9.92. The number of nitrogens with one attached hydrogen (secondary N) is 2. The van der Waals surface area contributed by atoms with E-state index < -0.39 is 0 Å². The highest BCUT2D eigenvalue weighted by molar-refractivity contribution is 5.77. The van der Waals surface area contributed by atoms with Crippen LogP contribution >= 0.6 is 0 Å². The van der Waals surface area contributed by atoms with Gasteiger partial charge in [0.15, 0.2) is 0 Å². The Bertz CT molecular complexity index is 246. The van der Waals surface area contributed by atoms with Crippen LogP contribution in [0.4, 0.5) is 0 Å². The van der Waals surface area contributed by atoms with E-state index >= 15 is 0 Å². The molecule has 0 spiro atoms. The zero-order valence-corrected chi connectivity index (χ0v) is 7.54. The van der Waals surface area contributed by atoms with Gasteiger partial charge < -0.3 is 10.1 Å². The number of rotatable bonds is 5. The monoisotopic (exact) mass is 183 g/mol. The van der Waals surface area contributed by atoms with Crippen molar-refractivity contribution in [2.24, 2.45) is 0 Å². The largest absolute Gasteiger partial charge is 0.372 e. The number of H-pyrrole nitrogens is 1. The molecular weight excluding hydrogens is 170 g/mol. The number of aromatic nitrogens is 2. The average Bonchev–Trinajstić information content (AvgIpc) is 2.64. The van der Waals surface area contributed by atoms with Gasteiger partial charge in [-0.05, 0) is 13.0 Å². The molecule has 0 radical (unpaired) electrons. The van der Waals surface area contributed by atoms with Gasteiger partial charge in [0.1, 0.15) is 6.61 Å². The molecule has 0 saturated heterocycles. The highest BCUT2D eigenvalue weighted by Gasteiger charge is 2.00. The first kappa shape index (κ1) is 9.73. The van der Waals surface area contributed by atoms with Crippen LogP contribution < -0.4 is 5.32 Å². The van der Waals surface area contributed by atoms with Crippen LogP contribution in [0.2, 0.25) is 0 Å². The number of nitrogens with zero attached hydrogens (tertiary/aromatic N) is 1. The predicted molar refractivity (Wildman–Crippen MR) is 46.9 cm³/mol. The molecule has 0 aromatic carbocycles. The fourth-order valence-corrected chi connectivity index (χ4v) is 0.823. The van der Waals surface area contributed by atoms with Crippen molar-refractivity contribution < 1.29 is 9.53 Å². The number of carbonyl (C=O) groups excluding carboxylic acids is 1. The molecule has 2 N–H and O–H groups in total. The Morgan fingerprint density at radius 1 is 1.77 bits per heavy atom. The van der Waals surface area contributed by atoms with E-state index in [-0.39, 0.29) is 12.5 Å². The lowest BCUT2D eigenvalue weighted by atomic mass is 10.4. The second-order valence-corrected chi connectivity index (χ2v) is 2.50. The SMILES string of the molecule is CCOCC(=O)NCc1ccn[nH]1. The molecule has 1 aromatic heterocycles. The van der Waals surface area contributed by atoms with Crippen molar-refractivity contribution in [2.45, 2.75) is 13.5 Å². The van der Waals surface area contributed by atoms with Crippen LogP contribution in [0.3, 0.4) is 0 Å². The fraction of sp³-hybridized carbons (Fsp3) is 0.500. The van der Waals surface area contributed by atoms with Gasteiger partial charge in [0.05, 0.1) is 12.2 Å². The molecule has 1 amide bonds. The van der Waals surface area contributed by atoms with E-state index in [1.807, 2.05) is 6.92 Å². The van der Waals surface area contributed by atoms with Gasteiger partial charge in [-0.1, -0.05) is 0 Å². The van der Waals surface area contributed by atoms with Crippen molar-refractivity contribution in [3.63, 3.8) is 0 Å². The van der Waals surface area contributed by atoms with Gasteiger partial charge in [0.25, 0.3) is 0 Å². The molecule has 0 bridgehead atoms. The third kappa shape index (κ3) is 3.71. The van der Waals surface area contributed by atoms with Gasteiger partial charge in [0.2, 0.25) is 5.91 Å². The quantitative estimate of drug-likeness (QED) is 0.678. The zero-order valence-electron chi connectivity index (χ0n) is 7.54.